The fourth-order valence-electron chi connectivity index (χ4n) is 6.25. The van der Waals surface area contributed by atoms with Gasteiger partial charge in [-0.05, 0) is 84.8 Å². The molecule has 55 heavy (non-hydrogen) atoms. The minimum atomic E-state index is -1.07. The third-order valence-electron chi connectivity index (χ3n) is 9.20. The number of carbonyl (C=O) groups excluding carboxylic acids is 5. The van der Waals surface area contributed by atoms with Crippen LogP contribution in [0.2, 0.25) is 0 Å². The standard InChI is InChI=1S/C42H68N6O7/c1-28(34(49)43-24-19-16-20-25-44-37(52)54-40(5,6)7)23-26-46(13)36(51)32(39(2,3)4)45-35(50)33(48(15)38(53)55-41(8,9)10)42(11,12)30-27-47(14)31-22-18-17-21-29(30)31/h17-18,21-23,27,32-33H,16,19-20,24-26H2,1-15H3,(H,43,49)(H,44,52)(H,45,50)/b28-23+/t32?,33-/m1/s1. The number of aromatic nitrogens is 1. The molecule has 2 aromatic rings. The van der Waals surface area contributed by atoms with Gasteiger partial charge in [0.25, 0.3) is 0 Å². The van der Waals surface area contributed by atoms with E-state index in [1.54, 1.807) is 47.9 Å². The van der Waals surface area contributed by atoms with Crippen molar-refractivity contribution in [3.63, 3.8) is 0 Å². The summed E-state index contributed by atoms with van der Waals surface area (Å²) in [6.07, 6.45) is 4.85. The van der Waals surface area contributed by atoms with E-state index in [1.807, 2.05) is 97.5 Å². The van der Waals surface area contributed by atoms with Crippen LogP contribution in [-0.4, -0.2) is 101 Å². The number of para-hydroxylation sites is 1. The highest BCUT2D eigenvalue weighted by molar-refractivity contribution is 5.95. The lowest BCUT2D eigenvalue weighted by Gasteiger charge is -2.41. The number of amides is 5. The third kappa shape index (κ3) is 13.9. The topological polar surface area (TPSA) is 151 Å². The zero-order valence-corrected chi connectivity index (χ0v) is 36.1. The van der Waals surface area contributed by atoms with Gasteiger partial charge in [-0.1, -0.05) is 58.9 Å². The second-order valence-electron chi connectivity index (χ2n) is 18.0. The summed E-state index contributed by atoms with van der Waals surface area (Å²) in [4.78, 5) is 69.6. The van der Waals surface area contributed by atoms with Gasteiger partial charge in [-0.3, -0.25) is 19.3 Å². The summed E-state index contributed by atoms with van der Waals surface area (Å²) < 4.78 is 12.9. The van der Waals surface area contributed by atoms with Gasteiger partial charge in [0.1, 0.15) is 23.3 Å². The van der Waals surface area contributed by atoms with Gasteiger partial charge in [-0.25, -0.2) is 9.59 Å². The number of unbranched alkanes of at least 4 members (excludes halogenated alkanes) is 2. The van der Waals surface area contributed by atoms with Crippen molar-refractivity contribution in [3.05, 3.63) is 47.7 Å². The average Bonchev–Trinajstić information content (AvgIpc) is 3.39. The molecule has 308 valence electrons. The van der Waals surface area contributed by atoms with Crippen molar-refractivity contribution in [2.24, 2.45) is 12.5 Å². The van der Waals surface area contributed by atoms with Crippen LogP contribution in [0, 0.1) is 5.41 Å². The number of nitrogens with one attached hydrogen (secondary N) is 3. The summed E-state index contributed by atoms with van der Waals surface area (Å²) in [6.45, 7) is 23.0. The van der Waals surface area contributed by atoms with Crippen LogP contribution < -0.4 is 16.0 Å². The molecular weight excluding hydrogens is 700 g/mol. The van der Waals surface area contributed by atoms with E-state index in [1.165, 1.54) is 9.80 Å². The van der Waals surface area contributed by atoms with Gasteiger partial charge in [0, 0.05) is 68.9 Å². The quantitative estimate of drug-likeness (QED) is 0.139. The molecule has 0 aliphatic heterocycles. The number of ether oxygens (including phenoxy) is 2. The Kier molecular flexibility index (Phi) is 16.0. The van der Waals surface area contributed by atoms with E-state index in [-0.39, 0.29) is 18.4 Å². The number of benzene rings is 1. The lowest BCUT2D eigenvalue weighted by Crippen LogP contribution is -2.62. The average molecular weight is 769 g/mol. The summed E-state index contributed by atoms with van der Waals surface area (Å²) in [5.41, 5.74) is -0.683. The largest absolute Gasteiger partial charge is 0.444 e. The van der Waals surface area contributed by atoms with E-state index in [9.17, 15) is 24.0 Å². The van der Waals surface area contributed by atoms with E-state index < -0.39 is 52.2 Å². The molecule has 0 radical (unpaired) electrons. The molecule has 5 amide bonds. The maximum Gasteiger partial charge on any atom is 0.410 e. The Hall–Kier alpha value is -4.55. The number of hydrogen-bond donors (Lipinski definition) is 3. The molecule has 0 aliphatic carbocycles. The minimum absolute atomic E-state index is 0.139. The number of alkyl carbamates (subject to hydrolysis) is 1. The van der Waals surface area contributed by atoms with Crippen molar-refractivity contribution >= 4 is 40.8 Å². The number of carbonyl (C=O) groups is 5. The molecule has 13 heteroatoms. The molecule has 1 aromatic carbocycles. The predicted octanol–water partition coefficient (Wildman–Crippen LogP) is 6.44. The minimum Gasteiger partial charge on any atom is -0.444 e. The summed E-state index contributed by atoms with van der Waals surface area (Å²) in [5, 5.41) is 9.61. The van der Waals surface area contributed by atoms with Gasteiger partial charge in [0.2, 0.25) is 17.7 Å². The highest BCUT2D eigenvalue weighted by Crippen LogP contribution is 2.37. The van der Waals surface area contributed by atoms with Crippen molar-refractivity contribution in [2.45, 2.75) is 131 Å². The fraction of sp³-hybridized carbons (Fsp3) is 0.643. The summed E-state index contributed by atoms with van der Waals surface area (Å²) >= 11 is 0. The highest BCUT2D eigenvalue weighted by Gasteiger charge is 2.46. The smallest absolute Gasteiger partial charge is 0.410 e. The molecule has 0 aliphatic rings. The van der Waals surface area contributed by atoms with Crippen LogP contribution in [0.1, 0.15) is 108 Å². The predicted molar refractivity (Wildman–Crippen MR) is 218 cm³/mol. The van der Waals surface area contributed by atoms with Crippen molar-refractivity contribution < 1.29 is 33.4 Å². The molecule has 0 spiro atoms. The first-order chi connectivity index (χ1) is 25.2. The molecule has 0 saturated heterocycles. The number of aryl methyl sites for hydroxylation is 1. The van der Waals surface area contributed by atoms with Gasteiger partial charge in [-0.15, -0.1) is 0 Å². The van der Waals surface area contributed by atoms with Gasteiger partial charge in [-0.2, -0.15) is 0 Å². The fourth-order valence-corrected chi connectivity index (χ4v) is 6.25. The van der Waals surface area contributed by atoms with Crippen LogP contribution >= 0.6 is 0 Å². The van der Waals surface area contributed by atoms with Crippen molar-refractivity contribution in [1.82, 2.24) is 30.3 Å². The Balaban J connectivity index is 2.19. The van der Waals surface area contributed by atoms with Crippen LogP contribution in [0.15, 0.2) is 42.1 Å². The Bertz CT molecular complexity index is 1690. The second kappa shape index (κ2) is 18.9. The van der Waals surface area contributed by atoms with Gasteiger partial charge in [0.15, 0.2) is 0 Å². The Morgan fingerprint density at radius 2 is 1.38 bits per heavy atom. The SMILES string of the molecule is C/C(=C\CN(C)C(=O)C(NC(=O)[C@@H](N(C)C(=O)OC(C)(C)C)C(C)(C)c1cn(C)c2ccccc12)C(C)(C)C)C(=O)NCCCCCNC(=O)OC(C)(C)C. The van der Waals surface area contributed by atoms with Crippen molar-refractivity contribution in [3.8, 4) is 0 Å². The monoisotopic (exact) mass is 769 g/mol. The first-order valence-corrected chi connectivity index (χ1v) is 19.1. The zero-order chi connectivity index (χ0) is 42.1. The zero-order valence-electron chi connectivity index (χ0n) is 36.1. The molecule has 1 aromatic heterocycles. The maximum absolute atomic E-state index is 14.6. The highest BCUT2D eigenvalue weighted by atomic mass is 16.6. The van der Waals surface area contributed by atoms with Gasteiger partial charge >= 0.3 is 12.2 Å². The van der Waals surface area contributed by atoms with E-state index in [0.29, 0.717) is 18.7 Å². The summed E-state index contributed by atoms with van der Waals surface area (Å²) in [7, 11) is 5.12. The Labute approximate surface area is 328 Å². The number of likely N-dealkylation sites (N-methyl/N-ethyl adjacent to an activating group) is 2. The Morgan fingerprint density at radius 3 is 1.95 bits per heavy atom. The van der Waals surface area contributed by atoms with E-state index in [2.05, 4.69) is 16.0 Å². The third-order valence-corrected chi connectivity index (χ3v) is 9.20. The lowest BCUT2D eigenvalue weighted by atomic mass is 9.76. The van der Waals surface area contributed by atoms with Crippen molar-refractivity contribution in [2.75, 3.05) is 33.7 Å². The second-order valence-corrected chi connectivity index (χ2v) is 18.0. The van der Waals surface area contributed by atoms with Crippen LogP contribution in [0.3, 0.4) is 0 Å². The van der Waals surface area contributed by atoms with Crippen LogP contribution in [0.25, 0.3) is 10.9 Å². The molecular formula is C42H68N6O7. The van der Waals surface area contributed by atoms with E-state index in [0.717, 1.165) is 35.7 Å². The summed E-state index contributed by atoms with van der Waals surface area (Å²) in [6, 6.07) is 5.86. The number of hydrogen-bond acceptors (Lipinski definition) is 7. The molecule has 0 fully saturated rings. The molecule has 1 heterocycles. The van der Waals surface area contributed by atoms with E-state index >= 15 is 0 Å². The van der Waals surface area contributed by atoms with Crippen molar-refractivity contribution in [1.29, 1.82) is 0 Å². The van der Waals surface area contributed by atoms with Crippen LogP contribution in [0.4, 0.5) is 9.59 Å². The molecule has 2 rings (SSSR count). The lowest BCUT2D eigenvalue weighted by molar-refractivity contribution is -0.140. The maximum atomic E-state index is 14.6. The molecule has 2 atom stereocenters. The molecule has 13 nitrogen and oxygen atoms in total. The van der Waals surface area contributed by atoms with Gasteiger partial charge in [0.05, 0.1) is 0 Å². The Morgan fingerprint density at radius 1 is 0.818 bits per heavy atom. The molecule has 3 N–H and O–H groups in total. The van der Waals surface area contributed by atoms with E-state index in [4.69, 9.17) is 9.47 Å². The molecule has 1 unspecified atom stereocenters. The first kappa shape index (κ1) is 46.6. The first-order valence-electron chi connectivity index (χ1n) is 19.1. The van der Waals surface area contributed by atoms with Crippen LogP contribution in [-0.2, 0) is 36.3 Å². The number of nitrogens with zero attached hydrogens (tertiary/aromatic N) is 3. The summed E-state index contributed by atoms with van der Waals surface area (Å²) in [5.74, 6) is -1.08. The number of rotatable bonds is 15. The molecule has 0 bridgehead atoms. The normalized spacial score (nSPS) is 13.8. The van der Waals surface area contributed by atoms with Crippen LogP contribution in [0.5, 0.6) is 0 Å². The van der Waals surface area contributed by atoms with Gasteiger partial charge < -0.3 is 34.9 Å². The number of fused-ring (bicyclic) bond motifs is 1. The molecule has 0 saturated carbocycles.